The molecule has 5 rings (SSSR count). The first-order valence-electron chi connectivity index (χ1n) is 11.4. The molecule has 4 heterocycles. The minimum Gasteiger partial charge on any atom is -0.369 e. The van der Waals surface area contributed by atoms with Crippen LogP contribution in [-0.2, 0) is 0 Å². The number of piperidine rings is 1. The maximum absolute atomic E-state index is 13.2. The zero-order valence-corrected chi connectivity index (χ0v) is 18.5. The number of amides is 1. The summed E-state index contributed by atoms with van der Waals surface area (Å²) in [5, 5.41) is 0. The van der Waals surface area contributed by atoms with Gasteiger partial charge in [0.2, 0.25) is 0 Å². The van der Waals surface area contributed by atoms with E-state index in [4.69, 9.17) is 0 Å². The number of imidazole rings is 1. The number of rotatable bonds is 3. The van der Waals surface area contributed by atoms with E-state index in [0.29, 0.717) is 11.7 Å². The first-order chi connectivity index (χ1) is 15.1. The summed E-state index contributed by atoms with van der Waals surface area (Å²) < 4.78 is 1.94. The van der Waals surface area contributed by atoms with Gasteiger partial charge in [0.15, 0.2) is 0 Å². The van der Waals surface area contributed by atoms with Crippen LogP contribution in [0.1, 0.15) is 34.5 Å². The molecule has 1 amide bonds. The number of carbonyl (C=O) groups excluding carboxylic acids is 1. The Hall–Kier alpha value is -2.86. The average molecular weight is 418 g/mol. The molecule has 6 heteroatoms. The molecule has 3 aromatic rings. The molecule has 0 aliphatic carbocycles. The van der Waals surface area contributed by atoms with Gasteiger partial charge in [-0.3, -0.25) is 9.69 Å². The smallest absolute Gasteiger partial charge is 0.274 e. The predicted octanol–water partition coefficient (Wildman–Crippen LogP) is 3.38. The Labute approximate surface area is 184 Å². The molecule has 0 saturated carbocycles. The van der Waals surface area contributed by atoms with Crippen molar-refractivity contribution in [3.63, 3.8) is 0 Å². The van der Waals surface area contributed by atoms with E-state index in [1.54, 1.807) is 0 Å². The number of anilines is 1. The number of aromatic nitrogens is 2. The summed E-state index contributed by atoms with van der Waals surface area (Å²) in [5.41, 5.74) is 5.23. The van der Waals surface area contributed by atoms with Crippen molar-refractivity contribution in [3.8, 4) is 0 Å². The maximum atomic E-state index is 13.2. The largest absolute Gasteiger partial charge is 0.369 e. The predicted molar refractivity (Wildman–Crippen MR) is 124 cm³/mol. The van der Waals surface area contributed by atoms with Gasteiger partial charge in [0.25, 0.3) is 5.91 Å². The summed E-state index contributed by atoms with van der Waals surface area (Å²) in [5.74, 6) is 0.0598. The molecule has 1 unspecified atom stereocenters. The second-order valence-corrected chi connectivity index (χ2v) is 8.95. The van der Waals surface area contributed by atoms with Crippen molar-refractivity contribution in [3.05, 3.63) is 65.6 Å². The number of piperazine rings is 1. The van der Waals surface area contributed by atoms with Crippen LogP contribution in [0.2, 0.25) is 0 Å². The molecule has 162 valence electrons. The Bertz CT molecular complexity index is 1080. The van der Waals surface area contributed by atoms with Crippen molar-refractivity contribution in [2.24, 2.45) is 0 Å². The third kappa shape index (κ3) is 4.04. The molecule has 31 heavy (non-hydrogen) atoms. The van der Waals surface area contributed by atoms with E-state index in [-0.39, 0.29) is 5.91 Å². The average Bonchev–Trinajstić information content (AvgIpc) is 3.22. The number of para-hydroxylation sites is 1. The Morgan fingerprint density at radius 2 is 1.84 bits per heavy atom. The summed E-state index contributed by atoms with van der Waals surface area (Å²) in [6.45, 7) is 10.0. The zero-order valence-electron chi connectivity index (χ0n) is 18.5. The lowest BCUT2D eigenvalue weighted by Crippen LogP contribution is -2.56. The summed E-state index contributed by atoms with van der Waals surface area (Å²) in [6, 6.07) is 13.1. The van der Waals surface area contributed by atoms with E-state index in [1.807, 2.05) is 40.8 Å². The topological polar surface area (TPSA) is 44.1 Å². The molecule has 0 N–H and O–H groups in total. The molecular formula is C25H31N5O. The second-order valence-electron chi connectivity index (χ2n) is 8.95. The second kappa shape index (κ2) is 8.35. The number of fused-ring (bicyclic) bond motifs is 1. The molecular weight excluding hydrogens is 386 g/mol. The first-order valence-corrected chi connectivity index (χ1v) is 11.4. The van der Waals surface area contributed by atoms with Gasteiger partial charge in [-0.15, -0.1) is 0 Å². The van der Waals surface area contributed by atoms with Crippen LogP contribution in [-0.4, -0.2) is 70.4 Å². The van der Waals surface area contributed by atoms with Gasteiger partial charge < -0.3 is 14.2 Å². The van der Waals surface area contributed by atoms with Gasteiger partial charge >= 0.3 is 0 Å². The molecule has 2 saturated heterocycles. The van der Waals surface area contributed by atoms with Crippen LogP contribution in [0.4, 0.5) is 5.69 Å². The lowest BCUT2D eigenvalue weighted by molar-refractivity contribution is 0.0559. The van der Waals surface area contributed by atoms with Gasteiger partial charge in [-0.05, 0) is 56.0 Å². The van der Waals surface area contributed by atoms with Gasteiger partial charge in [-0.1, -0.05) is 18.2 Å². The molecule has 1 aromatic carbocycles. The first kappa shape index (κ1) is 20.1. The molecule has 1 atom stereocenters. The van der Waals surface area contributed by atoms with E-state index in [2.05, 4.69) is 46.0 Å². The number of hydrogen-bond acceptors (Lipinski definition) is 4. The number of nitrogens with zero attached hydrogens (tertiary/aromatic N) is 5. The quantitative estimate of drug-likeness (QED) is 0.655. The molecule has 6 nitrogen and oxygen atoms in total. The molecule has 2 aliphatic heterocycles. The van der Waals surface area contributed by atoms with Crippen LogP contribution < -0.4 is 4.90 Å². The van der Waals surface area contributed by atoms with Gasteiger partial charge in [0.05, 0.1) is 0 Å². The minimum absolute atomic E-state index is 0.0598. The lowest BCUT2D eigenvalue weighted by Gasteiger charge is -2.44. The Morgan fingerprint density at radius 1 is 1.03 bits per heavy atom. The van der Waals surface area contributed by atoms with Crippen molar-refractivity contribution in [1.29, 1.82) is 0 Å². The fraction of sp³-hybridized carbons (Fsp3) is 0.440. The SMILES string of the molecule is Cc1ccn2cc(C(=O)N3CCCC(N4CCN(c5ccccc5C)CC4)C3)nc2c1. The molecule has 2 fully saturated rings. The number of benzene rings is 1. The zero-order chi connectivity index (χ0) is 21.4. The highest BCUT2D eigenvalue weighted by Crippen LogP contribution is 2.24. The van der Waals surface area contributed by atoms with Crippen molar-refractivity contribution < 1.29 is 4.79 Å². The number of hydrogen-bond donors (Lipinski definition) is 0. The van der Waals surface area contributed by atoms with Crippen molar-refractivity contribution >= 4 is 17.2 Å². The Morgan fingerprint density at radius 3 is 2.65 bits per heavy atom. The normalized spacial score (nSPS) is 20.4. The fourth-order valence-electron chi connectivity index (χ4n) is 5.03. The molecule has 2 aliphatic rings. The standard InChI is InChI=1S/C25H31N5O/c1-19-9-11-29-18-22(26-24(29)16-19)25(31)30-10-5-7-21(17-30)27-12-14-28(15-13-27)23-8-4-3-6-20(23)2/h3-4,6,8-9,11,16,18,21H,5,7,10,12-15,17H2,1-2H3. The molecule has 2 aromatic heterocycles. The van der Waals surface area contributed by atoms with E-state index in [1.165, 1.54) is 17.7 Å². The molecule has 0 radical (unpaired) electrons. The van der Waals surface area contributed by atoms with Crippen LogP contribution >= 0.6 is 0 Å². The lowest BCUT2D eigenvalue weighted by atomic mass is 10.0. The monoisotopic (exact) mass is 417 g/mol. The van der Waals surface area contributed by atoms with Gasteiger partial charge in [-0.2, -0.15) is 0 Å². The third-order valence-electron chi connectivity index (χ3n) is 6.81. The van der Waals surface area contributed by atoms with E-state index >= 15 is 0 Å². The number of likely N-dealkylation sites (tertiary alicyclic amines) is 1. The van der Waals surface area contributed by atoms with Crippen LogP contribution in [0, 0.1) is 13.8 Å². The third-order valence-corrected chi connectivity index (χ3v) is 6.81. The van der Waals surface area contributed by atoms with Crippen molar-refractivity contribution in [2.45, 2.75) is 32.7 Å². The van der Waals surface area contributed by atoms with Crippen molar-refractivity contribution in [2.75, 3.05) is 44.2 Å². The summed E-state index contributed by atoms with van der Waals surface area (Å²) in [4.78, 5) is 24.9. The van der Waals surface area contributed by atoms with Gasteiger partial charge in [0, 0.05) is 63.4 Å². The molecule has 0 spiro atoms. The summed E-state index contributed by atoms with van der Waals surface area (Å²) >= 11 is 0. The van der Waals surface area contributed by atoms with Crippen LogP contribution in [0.25, 0.3) is 5.65 Å². The Kier molecular flexibility index (Phi) is 5.40. The van der Waals surface area contributed by atoms with Crippen LogP contribution in [0.3, 0.4) is 0 Å². The van der Waals surface area contributed by atoms with Crippen LogP contribution in [0.5, 0.6) is 0 Å². The fourth-order valence-corrected chi connectivity index (χ4v) is 5.03. The Balaban J connectivity index is 1.23. The van der Waals surface area contributed by atoms with E-state index in [9.17, 15) is 4.79 Å². The van der Waals surface area contributed by atoms with E-state index < -0.39 is 0 Å². The van der Waals surface area contributed by atoms with Crippen LogP contribution in [0.15, 0.2) is 48.8 Å². The van der Waals surface area contributed by atoms with E-state index in [0.717, 1.165) is 56.9 Å². The number of pyridine rings is 1. The highest BCUT2D eigenvalue weighted by atomic mass is 16.2. The molecule has 0 bridgehead atoms. The van der Waals surface area contributed by atoms with Crippen molar-refractivity contribution in [1.82, 2.24) is 19.2 Å². The number of aryl methyl sites for hydroxylation is 2. The maximum Gasteiger partial charge on any atom is 0.274 e. The summed E-state index contributed by atoms with van der Waals surface area (Å²) in [6.07, 6.45) is 6.06. The minimum atomic E-state index is 0.0598. The summed E-state index contributed by atoms with van der Waals surface area (Å²) in [7, 11) is 0. The van der Waals surface area contributed by atoms with Gasteiger partial charge in [0.1, 0.15) is 11.3 Å². The highest BCUT2D eigenvalue weighted by Gasteiger charge is 2.31. The number of carbonyl (C=O) groups is 1. The van der Waals surface area contributed by atoms with Gasteiger partial charge in [-0.25, -0.2) is 4.98 Å². The highest BCUT2D eigenvalue weighted by molar-refractivity contribution is 5.93.